The van der Waals surface area contributed by atoms with E-state index >= 15 is 0 Å². The molecule has 0 aromatic rings. The van der Waals surface area contributed by atoms with Crippen molar-refractivity contribution < 1.29 is 20.0 Å². The van der Waals surface area contributed by atoms with E-state index in [1.54, 1.807) is 0 Å². The molecule has 0 aromatic carbocycles. The first-order valence-electron chi connectivity index (χ1n) is 7.57. The number of nitrogens with one attached hydrogen (secondary N) is 2. The number of carbonyl (C=O) groups excluding carboxylic acids is 2. The van der Waals surface area contributed by atoms with Gasteiger partial charge in [-0.05, 0) is 32.2 Å². The van der Waals surface area contributed by atoms with Crippen molar-refractivity contribution in [1.29, 1.82) is 0 Å². The maximum Gasteiger partial charge on any atom is 0.240 e. The van der Waals surface area contributed by atoms with Gasteiger partial charge in [0.25, 0.3) is 0 Å². The first kappa shape index (κ1) is 22.0. The normalized spacial score (nSPS) is 14.3. The lowest BCUT2D eigenvalue weighted by Gasteiger charge is -2.18. The zero-order chi connectivity index (χ0) is 18.5. The van der Waals surface area contributed by atoms with Gasteiger partial charge in [0.1, 0.15) is 6.04 Å². The first-order chi connectivity index (χ1) is 11.3. The Hall–Kier alpha value is -1.99. The van der Waals surface area contributed by atoms with Crippen LogP contribution < -0.4 is 33.7 Å². The quantitative estimate of drug-likeness (QED) is 0.0782. The van der Waals surface area contributed by atoms with E-state index in [0.717, 1.165) is 12.8 Å². The number of aliphatic imine (C=N–C) groups is 1. The molecule has 0 saturated heterocycles. The molecule has 140 valence electrons. The lowest BCUT2D eigenvalue weighted by Crippen LogP contribution is -2.50. The van der Waals surface area contributed by atoms with E-state index < -0.39 is 23.9 Å². The highest BCUT2D eigenvalue weighted by atomic mass is 16.8. The van der Waals surface area contributed by atoms with Crippen LogP contribution in [0.2, 0.25) is 0 Å². The third-order valence-corrected chi connectivity index (χ3v) is 3.11. The summed E-state index contributed by atoms with van der Waals surface area (Å²) < 4.78 is 0. The van der Waals surface area contributed by atoms with Gasteiger partial charge in [0.05, 0.1) is 6.04 Å². The average molecular weight is 348 g/mol. The standard InChI is InChI=1S/C12H28N8O4/c13-6-2-1-4-8(14)11(22)18-9(10(15)21)5-3-7-17-12(16)19-20(23)24/h8-9,23-24H,1-7,13-14H2,(H2,15,21)(H,18,22)(H3,16,17,19)/t8-,9-/m1/s1. The van der Waals surface area contributed by atoms with Crippen molar-refractivity contribution in [2.75, 3.05) is 13.1 Å². The predicted molar refractivity (Wildman–Crippen MR) is 86.3 cm³/mol. The fourth-order valence-electron chi connectivity index (χ4n) is 1.84. The Labute approximate surface area is 140 Å². The van der Waals surface area contributed by atoms with Crippen molar-refractivity contribution in [2.45, 2.75) is 44.2 Å². The minimum atomic E-state index is -0.866. The van der Waals surface area contributed by atoms with Gasteiger partial charge in [-0.15, -0.1) is 0 Å². The summed E-state index contributed by atoms with van der Waals surface area (Å²) >= 11 is 0. The monoisotopic (exact) mass is 348 g/mol. The summed E-state index contributed by atoms with van der Waals surface area (Å²) in [6, 6.07) is -1.59. The Kier molecular flexibility index (Phi) is 11.4. The van der Waals surface area contributed by atoms with Crippen LogP contribution in [0.3, 0.4) is 0 Å². The number of guanidine groups is 1. The molecular formula is C12H28N8O4. The van der Waals surface area contributed by atoms with Crippen molar-refractivity contribution in [3.8, 4) is 0 Å². The predicted octanol–water partition coefficient (Wildman–Crippen LogP) is -2.91. The first-order valence-corrected chi connectivity index (χ1v) is 7.57. The molecule has 24 heavy (non-hydrogen) atoms. The van der Waals surface area contributed by atoms with Crippen LogP contribution in [0.4, 0.5) is 0 Å². The van der Waals surface area contributed by atoms with E-state index in [2.05, 4.69) is 10.3 Å². The van der Waals surface area contributed by atoms with Gasteiger partial charge in [-0.2, -0.15) is 0 Å². The van der Waals surface area contributed by atoms with Crippen LogP contribution in [0.25, 0.3) is 0 Å². The van der Waals surface area contributed by atoms with E-state index in [1.165, 1.54) is 0 Å². The van der Waals surface area contributed by atoms with Crippen LogP contribution in [0.1, 0.15) is 32.1 Å². The minimum absolute atomic E-state index is 0.189. The van der Waals surface area contributed by atoms with Crippen LogP contribution in [-0.4, -0.2) is 58.7 Å². The summed E-state index contributed by atoms with van der Waals surface area (Å²) in [5, 5.41) is 19.1. The Morgan fingerprint density at radius 2 is 1.79 bits per heavy atom. The number of rotatable bonds is 12. The number of unbranched alkanes of at least 4 members (excludes halogenated alkanes) is 1. The largest absolute Gasteiger partial charge is 0.369 e. The van der Waals surface area contributed by atoms with E-state index in [4.69, 9.17) is 33.3 Å². The molecule has 2 atom stereocenters. The van der Waals surface area contributed by atoms with Gasteiger partial charge in [-0.25, -0.2) is 5.43 Å². The van der Waals surface area contributed by atoms with E-state index in [1.807, 2.05) is 5.43 Å². The van der Waals surface area contributed by atoms with Gasteiger partial charge >= 0.3 is 0 Å². The molecule has 0 heterocycles. The Bertz CT molecular complexity index is 418. The molecule has 0 aromatic heterocycles. The van der Waals surface area contributed by atoms with Crippen LogP contribution in [0, 0.1) is 0 Å². The molecule has 0 aliphatic carbocycles. The number of primary amides is 1. The molecular weight excluding hydrogens is 320 g/mol. The summed E-state index contributed by atoms with van der Waals surface area (Å²) in [4.78, 5) is 27.1. The summed E-state index contributed by atoms with van der Waals surface area (Å²) in [5.74, 6) is -1.34. The molecule has 0 fully saturated rings. The van der Waals surface area contributed by atoms with Gasteiger partial charge in [-0.3, -0.25) is 25.0 Å². The molecule has 0 saturated carbocycles. The van der Waals surface area contributed by atoms with E-state index in [9.17, 15) is 9.59 Å². The fourth-order valence-corrected chi connectivity index (χ4v) is 1.84. The number of hydrazine groups is 1. The van der Waals surface area contributed by atoms with Crippen molar-refractivity contribution in [3.63, 3.8) is 0 Å². The maximum absolute atomic E-state index is 11.9. The summed E-state index contributed by atoms with van der Waals surface area (Å²) in [6.07, 6.45) is 2.59. The molecule has 0 aliphatic heterocycles. The summed E-state index contributed by atoms with van der Waals surface area (Å²) in [5.41, 5.74) is 23.6. The third kappa shape index (κ3) is 10.7. The number of nitrogens with two attached hydrogens (primary N) is 4. The molecule has 2 amide bonds. The van der Waals surface area contributed by atoms with Gasteiger partial charge < -0.3 is 28.3 Å². The Balaban J connectivity index is 4.26. The second-order valence-electron chi connectivity index (χ2n) is 5.16. The van der Waals surface area contributed by atoms with Crippen molar-refractivity contribution in [1.82, 2.24) is 16.1 Å². The molecule has 0 aliphatic rings. The number of hydrogen-bond donors (Lipinski definition) is 8. The van der Waals surface area contributed by atoms with Gasteiger partial charge in [-0.1, -0.05) is 6.42 Å². The zero-order valence-corrected chi connectivity index (χ0v) is 13.5. The molecule has 12 N–H and O–H groups in total. The second kappa shape index (κ2) is 12.4. The number of amides is 2. The number of nitrogens with zero attached hydrogens (tertiary/aromatic N) is 2. The summed E-state index contributed by atoms with van der Waals surface area (Å²) in [7, 11) is 0. The molecule has 0 unspecified atom stereocenters. The van der Waals surface area contributed by atoms with Crippen LogP contribution in [0.5, 0.6) is 0 Å². The van der Waals surface area contributed by atoms with Crippen LogP contribution in [0.15, 0.2) is 4.99 Å². The molecule has 0 radical (unpaired) electrons. The maximum atomic E-state index is 11.9. The highest BCUT2D eigenvalue weighted by molar-refractivity contribution is 5.88. The van der Waals surface area contributed by atoms with Gasteiger partial charge in [0.2, 0.25) is 17.8 Å². The SMILES string of the molecule is NCCCC[C@@H](N)C(=O)N[C@H](CCCN=C(N)NN(O)O)C(N)=O. The molecule has 12 nitrogen and oxygen atoms in total. The van der Waals surface area contributed by atoms with E-state index in [-0.39, 0.29) is 24.3 Å². The molecule has 12 heteroatoms. The van der Waals surface area contributed by atoms with Gasteiger partial charge in [0, 0.05) is 11.9 Å². The third-order valence-electron chi connectivity index (χ3n) is 3.11. The molecule has 0 bridgehead atoms. The van der Waals surface area contributed by atoms with Crippen molar-refractivity contribution in [2.24, 2.45) is 27.9 Å². The Morgan fingerprint density at radius 3 is 2.33 bits per heavy atom. The minimum Gasteiger partial charge on any atom is -0.369 e. The van der Waals surface area contributed by atoms with Gasteiger partial charge in [0.15, 0.2) is 0 Å². The molecule has 0 spiro atoms. The number of carbonyl (C=O) groups is 2. The highest BCUT2D eigenvalue weighted by Crippen LogP contribution is 2.02. The topological polar surface area (TPSA) is 218 Å². The lowest BCUT2D eigenvalue weighted by molar-refractivity contribution is -0.329. The van der Waals surface area contributed by atoms with Crippen molar-refractivity contribution in [3.05, 3.63) is 0 Å². The smallest absolute Gasteiger partial charge is 0.240 e. The second-order valence-corrected chi connectivity index (χ2v) is 5.16. The lowest BCUT2D eigenvalue weighted by atomic mass is 10.1. The average Bonchev–Trinajstić information content (AvgIpc) is 2.49. The molecule has 0 rings (SSSR count). The number of hydrogen-bond acceptors (Lipinski definition) is 8. The highest BCUT2D eigenvalue weighted by Gasteiger charge is 2.21. The van der Waals surface area contributed by atoms with Crippen LogP contribution >= 0.6 is 0 Å². The van der Waals surface area contributed by atoms with E-state index in [0.29, 0.717) is 19.4 Å². The summed E-state index contributed by atoms with van der Waals surface area (Å²) in [6.45, 7) is 0.718. The zero-order valence-electron chi connectivity index (χ0n) is 13.5. The van der Waals surface area contributed by atoms with Crippen LogP contribution in [-0.2, 0) is 9.59 Å². The fraction of sp³-hybridized carbons (Fsp3) is 0.750. The Morgan fingerprint density at radius 1 is 1.12 bits per heavy atom. The van der Waals surface area contributed by atoms with Crippen molar-refractivity contribution >= 4 is 17.8 Å².